The molecule has 1 aliphatic heterocycles. The number of nitrogens with zero attached hydrogens (tertiary/aromatic N) is 3. The van der Waals surface area contributed by atoms with Gasteiger partial charge in [0, 0.05) is 44.1 Å². The molecule has 1 amide bonds. The second-order valence-corrected chi connectivity index (χ2v) is 9.11. The van der Waals surface area contributed by atoms with Crippen LogP contribution in [0.2, 0.25) is 0 Å². The number of hydrogen-bond acceptors (Lipinski definition) is 6. The first-order valence-corrected chi connectivity index (χ1v) is 11.5. The van der Waals surface area contributed by atoms with Gasteiger partial charge in [-0.15, -0.1) is 13.2 Å². The van der Waals surface area contributed by atoms with Crippen LogP contribution in [0.1, 0.15) is 59.3 Å². The van der Waals surface area contributed by atoms with Gasteiger partial charge in [0.25, 0.3) is 5.91 Å². The van der Waals surface area contributed by atoms with E-state index in [4.69, 9.17) is 15.5 Å². The van der Waals surface area contributed by atoms with Crippen LogP contribution in [0.25, 0.3) is 11.2 Å². The van der Waals surface area contributed by atoms with Gasteiger partial charge in [-0.25, -0.2) is 9.97 Å². The Morgan fingerprint density at radius 3 is 2.57 bits per heavy atom. The maximum atomic E-state index is 13.0. The number of anilines is 1. The lowest BCUT2D eigenvalue weighted by atomic mass is 9.82. The van der Waals surface area contributed by atoms with E-state index in [1.165, 1.54) is 6.07 Å². The second kappa shape index (κ2) is 9.03. The molecule has 1 aromatic carbocycles. The lowest BCUT2D eigenvalue weighted by Crippen LogP contribution is -2.38. The van der Waals surface area contributed by atoms with Crippen molar-refractivity contribution >= 4 is 22.8 Å². The molecule has 3 N–H and O–H groups in total. The lowest BCUT2D eigenvalue weighted by molar-refractivity contribution is -0.274. The first-order valence-electron chi connectivity index (χ1n) is 11.5. The standard InChI is InChI=1S/C24H26F3N5O3/c1-34-16-10-14(11-16)21-30-20-17(4-7-29-22(20)31-21)13-5-8-32(9-6-13)23(33)18-3-2-15(12-19(18)28)35-24(25,26)27/h2-4,7,12-14,16H,5-6,8-11,28H2,1H3,(H,29,30,31)/t14-,16+. The average molecular weight is 489 g/mol. The summed E-state index contributed by atoms with van der Waals surface area (Å²) in [5.74, 6) is 0.743. The van der Waals surface area contributed by atoms with Crippen LogP contribution in [0, 0.1) is 0 Å². The van der Waals surface area contributed by atoms with E-state index in [2.05, 4.69) is 14.7 Å². The minimum atomic E-state index is -4.82. The highest BCUT2D eigenvalue weighted by Crippen LogP contribution is 2.39. The van der Waals surface area contributed by atoms with Crippen molar-refractivity contribution in [3.05, 3.63) is 47.4 Å². The molecule has 35 heavy (non-hydrogen) atoms. The molecule has 2 aromatic heterocycles. The van der Waals surface area contributed by atoms with E-state index in [0.29, 0.717) is 19.0 Å². The van der Waals surface area contributed by atoms with Gasteiger partial charge in [-0.3, -0.25) is 4.79 Å². The summed E-state index contributed by atoms with van der Waals surface area (Å²) >= 11 is 0. The Bertz CT molecular complexity index is 1230. The molecule has 3 aromatic rings. The molecule has 3 heterocycles. The molecule has 1 saturated heterocycles. The molecule has 5 rings (SSSR count). The number of H-pyrrole nitrogens is 1. The van der Waals surface area contributed by atoms with Gasteiger partial charge in [0.05, 0.1) is 11.7 Å². The van der Waals surface area contributed by atoms with Crippen LogP contribution < -0.4 is 10.5 Å². The minimum Gasteiger partial charge on any atom is -0.406 e. The van der Waals surface area contributed by atoms with Crippen molar-refractivity contribution in [3.63, 3.8) is 0 Å². The maximum absolute atomic E-state index is 13.0. The largest absolute Gasteiger partial charge is 0.573 e. The van der Waals surface area contributed by atoms with Crippen molar-refractivity contribution in [1.82, 2.24) is 19.9 Å². The number of nitrogens with one attached hydrogen (secondary N) is 1. The predicted molar refractivity (Wildman–Crippen MR) is 122 cm³/mol. The van der Waals surface area contributed by atoms with E-state index in [-0.39, 0.29) is 29.2 Å². The van der Waals surface area contributed by atoms with E-state index in [1.54, 1.807) is 18.2 Å². The number of nitrogen functional groups attached to an aromatic ring is 1. The molecule has 0 radical (unpaired) electrons. The number of rotatable bonds is 5. The van der Waals surface area contributed by atoms with Crippen LogP contribution in [-0.2, 0) is 4.74 Å². The summed E-state index contributed by atoms with van der Waals surface area (Å²) in [6, 6.07) is 5.39. The quantitative estimate of drug-likeness (QED) is 0.516. The number of methoxy groups -OCH3 is 1. The summed E-state index contributed by atoms with van der Waals surface area (Å²) < 4.78 is 46.6. The number of alkyl halides is 3. The highest BCUT2D eigenvalue weighted by atomic mass is 19.4. The van der Waals surface area contributed by atoms with Gasteiger partial charge >= 0.3 is 6.36 Å². The number of piperidine rings is 1. The molecule has 11 heteroatoms. The van der Waals surface area contributed by atoms with Crippen molar-refractivity contribution in [1.29, 1.82) is 0 Å². The lowest BCUT2D eigenvalue weighted by Gasteiger charge is -2.33. The first-order chi connectivity index (χ1) is 16.7. The van der Waals surface area contributed by atoms with Crippen molar-refractivity contribution in [2.45, 2.75) is 50.0 Å². The molecule has 2 fully saturated rings. The summed E-state index contributed by atoms with van der Waals surface area (Å²) in [7, 11) is 1.72. The number of halogens is 3. The fraction of sp³-hybridized carbons (Fsp3) is 0.458. The molecule has 1 aliphatic carbocycles. The summed E-state index contributed by atoms with van der Waals surface area (Å²) in [5, 5.41) is 0. The SMILES string of the molecule is CO[C@H]1C[C@@H](c2nc3c(C4CCN(C(=O)c5ccc(OC(F)(F)F)cc5N)CC4)ccnc3[nH]2)C1. The Morgan fingerprint density at radius 1 is 1.17 bits per heavy atom. The molecule has 0 spiro atoms. The Morgan fingerprint density at radius 2 is 1.91 bits per heavy atom. The summed E-state index contributed by atoms with van der Waals surface area (Å²) in [4.78, 5) is 27.3. The molecule has 1 saturated carbocycles. The number of hydrogen-bond donors (Lipinski definition) is 2. The van der Waals surface area contributed by atoms with Gasteiger partial charge in [0.2, 0.25) is 0 Å². The number of ether oxygens (including phenoxy) is 2. The van der Waals surface area contributed by atoms with E-state index in [0.717, 1.165) is 60.4 Å². The second-order valence-electron chi connectivity index (χ2n) is 9.11. The van der Waals surface area contributed by atoms with Gasteiger partial charge < -0.3 is 25.1 Å². The first kappa shape index (κ1) is 23.4. The van der Waals surface area contributed by atoms with Crippen molar-refractivity contribution in [2.24, 2.45) is 0 Å². The molecule has 0 bridgehead atoms. The zero-order valence-corrected chi connectivity index (χ0v) is 19.1. The Labute approximate surface area is 199 Å². The van der Waals surface area contributed by atoms with Gasteiger partial charge in [-0.2, -0.15) is 0 Å². The Balaban J connectivity index is 1.26. The fourth-order valence-electron chi connectivity index (χ4n) is 4.95. The zero-order chi connectivity index (χ0) is 24.7. The third kappa shape index (κ3) is 4.77. The number of nitrogens with two attached hydrogens (primary N) is 1. The number of pyridine rings is 1. The topological polar surface area (TPSA) is 106 Å². The number of aromatic nitrogens is 3. The third-order valence-corrected chi connectivity index (χ3v) is 6.96. The normalized spacial score (nSPS) is 21.2. The van der Waals surface area contributed by atoms with Gasteiger partial charge in [0.1, 0.15) is 17.1 Å². The maximum Gasteiger partial charge on any atom is 0.573 e. The van der Waals surface area contributed by atoms with Crippen LogP contribution >= 0.6 is 0 Å². The number of aromatic amines is 1. The minimum absolute atomic E-state index is 0.0505. The number of likely N-dealkylation sites (tertiary alicyclic amines) is 1. The van der Waals surface area contributed by atoms with Crippen molar-refractivity contribution in [3.8, 4) is 5.75 Å². The number of imidazole rings is 1. The van der Waals surface area contributed by atoms with Crippen LogP contribution in [0.3, 0.4) is 0 Å². The van der Waals surface area contributed by atoms with Crippen molar-refractivity contribution < 1.29 is 27.4 Å². The summed E-state index contributed by atoms with van der Waals surface area (Å²) in [6.07, 6.45) is 0.593. The molecule has 0 atom stereocenters. The molecule has 0 unspecified atom stereocenters. The Kier molecular flexibility index (Phi) is 6.04. The number of benzene rings is 1. The number of fused-ring (bicyclic) bond motifs is 1. The smallest absolute Gasteiger partial charge is 0.406 e. The molecule has 8 nitrogen and oxygen atoms in total. The van der Waals surface area contributed by atoms with Crippen LogP contribution in [-0.4, -0.2) is 58.4 Å². The van der Waals surface area contributed by atoms with Gasteiger partial charge in [0.15, 0.2) is 5.65 Å². The molecule has 2 aliphatic rings. The third-order valence-electron chi connectivity index (χ3n) is 6.96. The molecule has 186 valence electrons. The zero-order valence-electron chi connectivity index (χ0n) is 19.1. The summed E-state index contributed by atoms with van der Waals surface area (Å²) in [6.45, 7) is 1.01. The number of carbonyl (C=O) groups excluding carboxylic acids is 1. The van der Waals surface area contributed by atoms with E-state index in [1.807, 2.05) is 6.07 Å². The molecular formula is C24H26F3N5O3. The predicted octanol–water partition coefficient (Wildman–Crippen LogP) is 4.35. The average Bonchev–Trinajstić information content (AvgIpc) is 3.21. The van der Waals surface area contributed by atoms with E-state index >= 15 is 0 Å². The van der Waals surface area contributed by atoms with E-state index in [9.17, 15) is 18.0 Å². The fourth-order valence-corrected chi connectivity index (χ4v) is 4.95. The Hall–Kier alpha value is -3.34. The highest BCUT2D eigenvalue weighted by molar-refractivity contribution is 5.99. The van der Waals surface area contributed by atoms with Crippen LogP contribution in [0.5, 0.6) is 5.75 Å². The summed E-state index contributed by atoms with van der Waals surface area (Å²) in [5.41, 5.74) is 8.73. The van der Waals surface area contributed by atoms with E-state index < -0.39 is 12.1 Å². The van der Waals surface area contributed by atoms with Crippen LogP contribution in [0.4, 0.5) is 18.9 Å². The number of carbonyl (C=O) groups is 1. The monoisotopic (exact) mass is 489 g/mol. The highest BCUT2D eigenvalue weighted by Gasteiger charge is 2.34. The number of amides is 1. The van der Waals surface area contributed by atoms with Crippen molar-refractivity contribution in [2.75, 3.05) is 25.9 Å². The van der Waals surface area contributed by atoms with Gasteiger partial charge in [-0.05, 0) is 55.4 Å². The van der Waals surface area contributed by atoms with Crippen LogP contribution in [0.15, 0.2) is 30.5 Å². The van der Waals surface area contributed by atoms with Gasteiger partial charge in [-0.1, -0.05) is 0 Å². The molecular weight excluding hydrogens is 463 g/mol.